The lowest BCUT2D eigenvalue weighted by Crippen LogP contribution is -2.09. The molecule has 0 aliphatic carbocycles. The van der Waals surface area contributed by atoms with E-state index in [9.17, 15) is 14.4 Å². The van der Waals surface area contributed by atoms with E-state index in [-0.39, 0.29) is 15.9 Å². The van der Waals surface area contributed by atoms with Crippen molar-refractivity contribution >= 4 is 90.3 Å². The van der Waals surface area contributed by atoms with Crippen LogP contribution < -0.4 is 15.9 Å². The summed E-state index contributed by atoms with van der Waals surface area (Å²) in [5, 5.41) is 4.62. The Kier molecular flexibility index (Phi) is 54.0. The third kappa shape index (κ3) is 29.9. The van der Waals surface area contributed by atoms with Crippen molar-refractivity contribution in [3.05, 3.63) is 189 Å². The number of benzene rings is 5. The minimum absolute atomic E-state index is 0.0712. The maximum atomic E-state index is 11.4. The van der Waals surface area contributed by atoms with Crippen molar-refractivity contribution < 1.29 is 8.83 Å². The van der Waals surface area contributed by atoms with Crippen LogP contribution in [0.25, 0.3) is 54.5 Å². The van der Waals surface area contributed by atoms with Gasteiger partial charge in [-0.25, -0.2) is 29.7 Å². The van der Waals surface area contributed by atoms with Crippen LogP contribution in [0.15, 0.2) is 145 Å². The van der Waals surface area contributed by atoms with Crippen LogP contribution in [0.4, 0.5) is 0 Å². The number of para-hydroxylation sites is 5. The molecule has 2 N–H and O–H groups in total. The summed E-state index contributed by atoms with van der Waals surface area (Å²) in [6.07, 6.45) is 0. The molecule has 10 aromatic rings. The zero-order chi connectivity index (χ0) is 62.8. The maximum absolute atomic E-state index is 11.4. The average Bonchev–Trinajstić information content (AvgIpc) is 3.51. The third-order valence-electron chi connectivity index (χ3n) is 8.40. The van der Waals surface area contributed by atoms with E-state index in [2.05, 4.69) is 34.9 Å². The number of aryl methyl sites for hydroxylation is 5. The molecule has 5 heterocycles. The summed E-state index contributed by atoms with van der Waals surface area (Å²) in [5.41, 5.74) is 3.78. The van der Waals surface area contributed by atoms with Crippen LogP contribution in [-0.4, -0.2) is 34.9 Å². The Bertz CT molecular complexity index is 2910. The molecule has 10 rings (SSSR count). The molecule has 0 amide bonds. The van der Waals surface area contributed by atoms with E-state index in [1.54, 1.807) is 51.1 Å². The molecule has 440 valence electrons. The summed E-state index contributed by atoms with van der Waals surface area (Å²) < 4.78 is 11.3. The van der Waals surface area contributed by atoms with Gasteiger partial charge in [0.05, 0.1) is 48.6 Å². The summed E-state index contributed by atoms with van der Waals surface area (Å²) in [6.45, 7) is 49.0. The number of hydrogen-bond donors (Lipinski definition) is 2. The smallest absolute Gasteiger partial charge is 0.346 e. The fourth-order valence-corrected chi connectivity index (χ4v) is 7.10. The van der Waals surface area contributed by atoms with Crippen molar-refractivity contribution in [2.75, 3.05) is 0 Å². The van der Waals surface area contributed by atoms with Gasteiger partial charge in [-0.15, -0.1) is 0 Å². The van der Waals surface area contributed by atoms with Crippen molar-refractivity contribution in [1.82, 2.24) is 34.9 Å². The van der Waals surface area contributed by atoms with Gasteiger partial charge in [0.15, 0.2) is 11.8 Å². The van der Waals surface area contributed by atoms with Crippen LogP contribution >= 0.6 is 35.8 Å². The predicted molar refractivity (Wildman–Crippen MR) is 357 cm³/mol. The first-order valence-electron chi connectivity index (χ1n) is 28.4. The molecule has 80 heavy (non-hydrogen) atoms. The van der Waals surface area contributed by atoms with Gasteiger partial charge in [0.2, 0.25) is 9.45 Å². The van der Waals surface area contributed by atoms with Crippen LogP contribution in [0.3, 0.4) is 0 Å². The van der Waals surface area contributed by atoms with Crippen LogP contribution in [0.5, 0.6) is 0 Å². The zero-order valence-electron chi connectivity index (χ0n) is 53.0. The van der Waals surface area contributed by atoms with Gasteiger partial charge in [-0.2, -0.15) is 0 Å². The molecule has 0 radical (unpaired) electrons. The van der Waals surface area contributed by atoms with Crippen molar-refractivity contribution in [2.45, 2.75) is 173 Å². The van der Waals surface area contributed by atoms with Gasteiger partial charge in [-0.05, 0) is 93.7 Å². The highest BCUT2D eigenvalue weighted by molar-refractivity contribution is 7.71. The van der Waals surface area contributed by atoms with Crippen LogP contribution in [0.2, 0.25) is 0 Å². The maximum Gasteiger partial charge on any atom is 0.346 e. The first-order chi connectivity index (χ1) is 38.9. The summed E-state index contributed by atoms with van der Waals surface area (Å²) in [4.78, 5) is 60.5. The molecular formula is C65H97N7O5S3. The number of hydrogen-bond acceptors (Lipinski definition) is 13. The Morgan fingerprint density at radius 1 is 0.375 bits per heavy atom. The summed E-state index contributed by atoms with van der Waals surface area (Å²) in [5.74, 6) is 2.52. The average molecular weight is 1150 g/mol. The Hall–Kier alpha value is -6.94. The SMILES string of the molecule is CC.CC.CC.CC.CC.CC.CC.CC.CC.CC.Cc1nc(=S)c2ccccc2[nH]1.Cc1nc2ccccc2c(=O)[nH]1.Cc1nc2ccccc2c(=O)o1.Cc1nc2ccccc2c(=O)s1.Cc1nc2ccccc2c(=S)o1. The molecule has 0 spiro atoms. The molecular weight excluding hydrogens is 1050 g/mol. The Labute approximate surface area is 493 Å². The number of nitrogens with zero attached hydrogens (tertiary/aromatic N) is 5. The van der Waals surface area contributed by atoms with E-state index >= 15 is 0 Å². The molecule has 0 aliphatic rings. The zero-order valence-corrected chi connectivity index (χ0v) is 55.5. The lowest BCUT2D eigenvalue weighted by Gasteiger charge is -1.98. The van der Waals surface area contributed by atoms with Gasteiger partial charge in [-0.1, -0.05) is 223 Å². The fourth-order valence-electron chi connectivity index (χ4n) is 5.79. The number of nitrogens with one attached hydrogen (secondary N) is 2. The van der Waals surface area contributed by atoms with E-state index in [0.29, 0.717) is 48.6 Å². The molecule has 0 unspecified atom stereocenters. The molecule has 0 saturated heterocycles. The quantitative estimate of drug-likeness (QED) is 0.138. The van der Waals surface area contributed by atoms with E-state index in [0.717, 1.165) is 43.7 Å². The third-order valence-corrected chi connectivity index (χ3v) is 9.81. The van der Waals surface area contributed by atoms with Gasteiger partial charge < -0.3 is 18.8 Å². The van der Waals surface area contributed by atoms with Gasteiger partial charge in [-0.3, -0.25) is 9.59 Å². The minimum Gasteiger partial charge on any atom is -0.431 e. The Morgan fingerprint density at radius 2 is 0.725 bits per heavy atom. The van der Waals surface area contributed by atoms with Crippen molar-refractivity contribution in [3.8, 4) is 0 Å². The minimum atomic E-state index is -0.321. The molecule has 5 aromatic carbocycles. The molecule has 0 bridgehead atoms. The summed E-state index contributed by atoms with van der Waals surface area (Å²) in [6, 6.07) is 37.4. The monoisotopic (exact) mass is 1150 g/mol. The van der Waals surface area contributed by atoms with Gasteiger partial charge in [0.25, 0.3) is 5.56 Å². The predicted octanol–water partition coefficient (Wildman–Crippen LogP) is 20.4. The lowest BCUT2D eigenvalue weighted by molar-refractivity contribution is 0.467. The first kappa shape index (κ1) is 81.9. The van der Waals surface area contributed by atoms with E-state index in [1.807, 2.05) is 243 Å². The summed E-state index contributed by atoms with van der Waals surface area (Å²) in [7, 11) is 0. The van der Waals surface area contributed by atoms with E-state index in [1.165, 1.54) is 11.3 Å². The number of rotatable bonds is 0. The van der Waals surface area contributed by atoms with Crippen LogP contribution in [0.1, 0.15) is 167 Å². The normalized spacial score (nSPS) is 8.56. The largest absolute Gasteiger partial charge is 0.431 e. The highest BCUT2D eigenvalue weighted by Gasteiger charge is 2.02. The molecule has 12 nitrogen and oxygen atoms in total. The Morgan fingerprint density at radius 3 is 1.21 bits per heavy atom. The first-order valence-corrected chi connectivity index (χ1v) is 30.0. The fraction of sp³-hybridized carbons (Fsp3) is 0.385. The van der Waals surface area contributed by atoms with E-state index in [4.69, 9.17) is 33.3 Å². The second-order valence-electron chi connectivity index (χ2n) is 13.0. The highest BCUT2D eigenvalue weighted by Crippen LogP contribution is 2.14. The molecule has 0 atom stereocenters. The second kappa shape index (κ2) is 52.7. The molecule has 0 saturated carbocycles. The molecule has 0 fully saturated rings. The Balaban J connectivity index is -0.000000271. The number of H-pyrrole nitrogens is 2. The molecule has 15 heteroatoms. The number of aromatic amines is 2. The lowest BCUT2D eigenvalue weighted by atomic mass is 10.2. The number of aromatic nitrogens is 7. The van der Waals surface area contributed by atoms with Gasteiger partial charge >= 0.3 is 5.63 Å². The van der Waals surface area contributed by atoms with Crippen molar-refractivity contribution in [3.63, 3.8) is 0 Å². The molecule has 5 aromatic heterocycles. The van der Waals surface area contributed by atoms with Gasteiger partial charge in [0.1, 0.15) is 16.3 Å². The van der Waals surface area contributed by atoms with Gasteiger partial charge in [0, 0.05) is 24.8 Å². The van der Waals surface area contributed by atoms with E-state index < -0.39 is 0 Å². The number of fused-ring (bicyclic) bond motifs is 5. The highest BCUT2D eigenvalue weighted by atomic mass is 32.1. The molecule has 0 aliphatic heterocycles. The summed E-state index contributed by atoms with van der Waals surface area (Å²) >= 11 is 11.3. The van der Waals surface area contributed by atoms with Crippen LogP contribution in [0, 0.1) is 44.0 Å². The standard InChI is InChI=1S/C9H8N2O.C9H8N2S.C9H7NO2.2C9H7NOS.10C2H6/c2*1-6-10-8-5-3-2-4-7(8)9(12)11-6;2*1-6-10-8-5-3-2-4-7(8)9(11)12-6;1-6-10-8-5-3-2-4-7(8)9(12)11-6;10*1-2/h2*2-5H,1H3,(H,10,11,12);3*2-5H,1H3;10*1-2H3. The van der Waals surface area contributed by atoms with Crippen molar-refractivity contribution in [1.29, 1.82) is 0 Å². The topological polar surface area (TPSA) is 174 Å². The second-order valence-corrected chi connectivity index (χ2v) is 14.9. The van der Waals surface area contributed by atoms with Crippen LogP contribution in [-0.2, 0) is 0 Å². The van der Waals surface area contributed by atoms with Crippen molar-refractivity contribution in [2.24, 2.45) is 0 Å².